The molecule has 0 aliphatic heterocycles. The average molecular weight is 324 g/mol. The van der Waals surface area contributed by atoms with Crippen molar-refractivity contribution in [2.24, 2.45) is 0 Å². The number of pyridine rings is 1. The minimum Gasteiger partial charge on any atom is -0.356 e. The second kappa shape index (κ2) is 6.31. The molecular weight excluding hydrogens is 304 g/mol. The molecule has 124 valence electrons. The van der Waals surface area contributed by atoms with E-state index in [1.807, 2.05) is 45.0 Å². The van der Waals surface area contributed by atoms with E-state index in [-0.39, 0.29) is 11.9 Å². The number of rotatable bonds is 4. The van der Waals surface area contributed by atoms with Gasteiger partial charge >= 0.3 is 0 Å². The van der Waals surface area contributed by atoms with E-state index in [1.54, 1.807) is 12.3 Å². The third-order valence-electron chi connectivity index (χ3n) is 4.02. The highest BCUT2D eigenvalue weighted by Gasteiger charge is 2.22. The molecule has 0 saturated carbocycles. The first kappa shape index (κ1) is 16.0. The van der Waals surface area contributed by atoms with Crippen molar-refractivity contribution in [2.75, 3.05) is 0 Å². The van der Waals surface area contributed by atoms with Crippen molar-refractivity contribution in [3.8, 4) is 5.88 Å². The van der Waals surface area contributed by atoms with Crippen molar-refractivity contribution >= 4 is 16.9 Å². The molecule has 1 atom stereocenters. The fourth-order valence-corrected chi connectivity index (χ4v) is 2.60. The van der Waals surface area contributed by atoms with E-state index >= 15 is 0 Å². The molecule has 1 N–H and O–H groups in total. The van der Waals surface area contributed by atoms with Crippen molar-refractivity contribution in [2.45, 2.75) is 33.7 Å². The Morgan fingerprint density at radius 2 is 1.96 bits per heavy atom. The monoisotopic (exact) mass is 324 g/mol. The molecule has 0 bridgehead atoms. The summed E-state index contributed by atoms with van der Waals surface area (Å²) in [6.45, 7) is 7.38. The number of hydrogen-bond donors (Lipinski definition) is 1. The van der Waals surface area contributed by atoms with E-state index in [0.717, 1.165) is 16.5 Å². The summed E-state index contributed by atoms with van der Waals surface area (Å²) in [5.74, 6) is 0.172. The molecule has 1 aromatic carbocycles. The number of aromatic nitrogens is 3. The van der Waals surface area contributed by atoms with Crippen molar-refractivity contribution in [3.05, 3.63) is 53.2 Å². The van der Waals surface area contributed by atoms with E-state index < -0.39 is 0 Å². The third-order valence-corrected chi connectivity index (χ3v) is 4.02. The van der Waals surface area contributed by atoms with Gasteiger partial charge in [0.05, 0.1) is 12.2 Å². The lowest BCUT2D eigenvalue weighted by atomic mass is 10.1. The highest BCUT2D eigenvalue weighted by Crippen LogP contribution is 2.25. The van der Waals surface area contributed by atoms with Crippen LogP contribution in [0.15, 0.2) is 36.5 Å². The van der Waals surface area contributed by atoms with Crippen LogP contribution in [0.4, 0.5) is 0 Å². The summed E-state index contributed by atoms with van der Waals surface area (Å²) in [7, 11) is 0. The van der Waals surface area contributed by atoms with Crippen LogP contribution >= 0.6 is 0 Å². The Kier molecular flexibility index (Phi) is 4.20. The predicted octanol–water partition coefficient (Wildman–Crippen LogP) is 3.48. The molecular formula is C18H20N4O2. The number of aromatic amines is 1. The Morgan fingerprint density at radius 1 is 1.25 bits per heavy atom. The minimum absolute atomic E-state index is 0.188. The minimum atomic E-state index is -0.234. The van der Waals surface area contributed by atoms with E-state index in [9.17, 15) is 4.79 Å². The van der Waals surface area contributed by atoms with Crippen LogP contribution in [0.5, 0.6) is 5.88 Å². The maximum atomic E-state index is 12.1. The first-order valence-electron chi connectivity index (χ1n) is 7.81. The second-order valence-electron chi connectivity index (χ2n) is 5.93. The molecule has 0 aliphatic rings. The molecule has 0 spiro atoms. The number of carbonyl (C=O) groups is 1. The molecule has 1 amide bonds. The van der Waals surface area contributed by atoms with Crippen molar-refractivity contribution in [1.29, 1.82) is 0 Å². The molecule has 6 nitrogen and oxygen atoms in total. The van der Waals surface area contributed by atoms with E-state index in [4.69, 9.17) is 4.84 Å². The van der Waals surface area contributed by atoms with Crippen LogP contribution in [-0.2, 0) is 4.79 Å². The number of fused-ring (bicyclic) bond motifs is 1. The Labute approximate surface area is 140 Å². The first-order chi connectivity index (χ1) is 11.5. The molecule has 0 radical (unpaired) electrons. The number of aryl methyl sites for hydroxylation is 2. The fourth-order valence-electron chi connectivity index (χ4n) is 2.60. The molecule has 2 heterocycles. The summed E-state index contributed by atoms with van der Waals surface area (Å²) in [5.41, 5.74) is 3.78. The highest BCUT2D eigenvalue weighted by molar-refractivity contribution is 5.78. The first-order valence-corrected chi connectivity index (χ1v) is 7.81. The molecule has 0 saturated heterocycles. The van der Waals surface area contributed by atoms with Crippen LogP contribution in [0, 0.1) is 13.8 Å². The van der Waals surface area contributed by atoms with Gasteiger partial charge in [-0.1, -0.05) is 29.8 Å². The fraction of sp³-hybridized carbons (Fsp3) is 0.278. The molecule has 2 aromatic heterocycles. The van der Waals surface area contributed by atoms with Gasteiger partial charge in [-0.2, -0.15) is 15.1 Å². The Bertz CT molecular complexity index is 870. The maximum Gasteiger partial charge on any atom is 0.252 e. The van der Waals surface area contributed by atoms with Gasteiger partial charge in [0.2, 0.25) is 5.88 Å². The van der Waals surface area contributed by atoms with E-state index in [2.05, 4.69) is 15.2 Å². The highest BCUT2D eigenvalue weighted by atomic mass is 16.7. The van der Waals surface area contributed by atoms with Crippen LogP contribution in [-0.4, -0.2) is 26.2 Å². The number of amides is 1. The second-order valence-corrected chi connectivity index (χ2v) is 5.93. The molecule has 24 heavy (non-hydrogen) atoms. The number of nitrogens with zero attached hydrogens (tertiary/aromatic N) is 3. The molecule has 0 aliphatic carbocycles. The SMILES string of the molecule is CC(=O)N(Oc1cc(C)c2cn[nH]c2n1)C(C)c1ccc(C)cc1. The largest absolute Gasteiger partial charge is 0.356 e. The van der Waals surface area contributed by atoms with Crippen LogP contribution < -0.4 is 4.84 Å². The number of hydrogen-bond acceptors (Lipinski definition) is 4. The summed E-state index contributed by atoms with van der Waals surface area (Å²) in [6, 6.07) is 9.59. The van der Waals surface area contributed by atoms with E-state index in [0.29, 0.717) is 11.5 Å². The maximum absolute atomic E-state index is 12.1. The average Bonchev–Trinajstić information content (AvgIpc) is 3.01. The number of benzene rings is 1. The van der Waals surface area contributed by atoms with Gasteiger partial charge in [0.15, 0.2) is 5.65 Å². The van der Waals surface area contributed by atoms with E-state index in [1.165, 1.54) is 17.6 Å². The lowest BCUT2D eigenvalue weighted by Gasteiger charge is -2.27. The van der Waals surface area contributed by atoms with Gasteiger partial charge in [-0.05, 0) is 31.9 Å². The van der Waals surface area contributed by atoms with Crippen LogP contribution in [0.1, 0.15) is 36.6 Å². The van der Waals surface area contributed by atoms with Crippen molar-refractivity contribution in [1.82, 2.24) is 20.2 Å². The quantitative estimate of drug-likeness (QED) is 0.746. The molecule has 1 unspecified atom stereocenters. The topological polar surface area (TPSA) is 71.1 Å². The Hall–Kier alpha value is -2.89. The van der Waals surface area contributed by atoms with Crippen LogP contribution in [0.25, 0.3) is 11.0 Å². The Morgan fingerprint density at radius 3 is 2.62 bits per heavy atom. The van der Waals surface area contributed by atoms with Gasteiger partial charge in [-0.15, -0.1) is 0 Å². The zero-order valence-electron chi connectivity index (χ0n) is 14.2. The lowest BCUT2D eigenvalue weighted by molar-refractivity contribution is -0.163. The Balaban J connectivity index is 1.90. The van der Waals surface area contributed by atoms with Gasteiger partial charge in [-0.25, -0.2) is 0 Å². The molecule has 3 aromatic rings. The third kappa shape index (κ3) is 3.08. The standard InChI is InChI=1S/C18H20N4O2/c1-11-5-7-15(8-6-11)13(3)22(14(4)23)24-17-9-12(2)16-10-19-21-18(16)20-17/h5-10,13H,1-4H3,(H,19,20,21). The van der Waals surface area contributed by atoms with Crippen LogP contribution in [0.2, 0.25) is 0 Å². The summed E-state index contributed by atoms with van der Waals surface area (Å²) >= 11 is 0. The molecule has 0 fully saturated rings. The smallest absolute Gasteiger partial charge is 0.252 e. The summed E-state index contributed by atoms with van der Waals surface area (Å²) in [4.78, 5) is 22.3. The number of hydroxylamine groups is 2. The van der Waals surface area contributed by atoms with Gasteiger partial charge in [0.25, 0.3) is 5.91 Å². The zero-order chi connectivity index (χ0) is 17.3. The number of nitrogens with one attached hydrogen (secondary N) is 1. The summed E-state index contributed by atoms with van der Waals surface area (Å²) < 4.78 is 0. The van der Waals surface area contributed by atoms with Gasteiger partial charge in [0.1, 0.15) is 0 Å². The van der Waals surface area contributed by atoms with Crippen LogP contribution in [0.3, 0.4) is 0 Å². The van der Waals surface area contributed by atoms with Gasteiger partial charge < -0.3 is 4.84 Å². The molecule has 3 rings (SSSR count). The number of carbonyl (C=O) groups excluding carboxylic acids is 1. The number of H-pyrrole nitrogens is 1. The normalized spacial score (nSPS) is 12.2. The predicted molar refractivity (Wildman–Crippen MR) is 91.4 cm³/mol. The van der Waals surface area contributed by atoms with Crippen molar-refractivity contribution < 1.29 is 9.63 Å². The molecule has 6 heteroatoms. The summed E-state index contributed by atoms with van der Waals surface area (Å²) in [6.07, 6.45) is 1.72. The van der Waals surface area contributed by atoms with Crippen molar-refractivity contribution in [3.63, 3.8) is 0 Å². The van der Waals surface area contributed by atoms with Gasteiger partial charge in [-0.3, -0.25) is 9.89 Å². The van der Waals surface area contributed by atoms with Gasteiger partial charge in [0, 0.05) is 18.4 Å². The summed E-state index contributed by atoms with van der Waals surface area (Å²) in [5, 5.41) is 9.09. The lowest BCUT2D eigenvalue weighted by Crippen LogP contribution is -2.35. The zero-order valence-corrected chi connectivity index (χ0v) is 14.2.